The molecule has 0 N–H and O–H groups in total. The maximum atomic E-state index is 4.22. The van der Waals surface area contributed by atoms with Crippen LogP contribution >= 0.6 is 15.9 Å². The van der Waals surface area contributed by atoms with Gasteiger partial charge in [0.1, 0.15) is 0 Å². The summed E-state index contributed by atoms with van der Waals surface area (Å²) in [6.07, 6.45) is 0. The van der Waals surface area contributed by atoms with Crippen LogP contribution in [0.2, 0.25) is 0 Å². The van der Waals surface area contributed by atoms with Crippen LogP contribution in [0.1, 0.15) is 52.7 Å². The molecule has 3 heteroatoms. The Labute approximate surface area is 295 Å². The molecule has 0 saturated heterocycles. The van der Waals surface area contributed by atoms with Crippen LogP contribution in [0.4, 0.5) is 0 Å². The molecule has 0 fully saturated rings. The Balaban J connectivity index is 1.38. The fourth-order valence-corrected chi connectivity index (χ4v) is 8.51. The summed E-state index contributed by atoms with van der Waals surface area (Å²) < 4.78 is 5.98. The number of rotatable bonds is 2. The summed E-state index contributed by atoms with van der Waals surface area (Å²) in [6.45, 7) is 13.8. The standard InChI is InChI=1S/C46H39BrN2/c1-45(2,3)30-20-24-36-34(26-30)42-32-14-9-7-12-28(32)18-22-38(42)48(36)40-16-11-17-41(44(40)47)49-37-25-21-31(46(4,5)6)27-35(37)43-33-15-10-8-13-29(33)19-23-39(43)49/h7-27H,1-6H3. The zero-order valence-corrected chi connectivity index (χ0v) is 30.5. The monoisotopic (exact) mass is 698 g/mol. The molecule has 0 amide bonds. The minimum absolute atomic E-state index is 0.0429. The molecule has 2 aromatic heterocycles. The normalized spacial score (nSPS) is 12.8. The van der Waals surface area contributed by atoms with Gasteiger partial charge in [-0.1, -0.05) is 120 Å². The predicted molar refractivity (Wildman–Crippen MR) is 215 cm³/mol. The fraction of sp³-hybridized carbons (Fsp3) is 0.174. The van der Waals surface area contributed by atoms with Crippen molar-refractivity contribution in [1.82, 2.24) is 9.13 Å². The van der Waals surface area contributed by atoms with Gasteiger partial charge >= 0.3 is 0 Å². The molecule has 0 spiro atoms. The van der Waals surface area contributed by atoms with Gasteiger partial charge in [0.05, 0.1) is 37.9 Å². The van der Waals surface area contributed by atoms with E-state index in [2.05, 4.69) is 194 Å². The minimum atomic E-state index is 0.0429. The first-order valence-electron chi connectivity index (χ1n) is 17.2. The third-order valence-corrected chi connectivity index (χ3v) is 11.3. The first kappa shape index (κ1) is 30.2. The fourth-order valence-electron chi connectivity index (χ4n) is 7.89. The molecule has 49 heavy (non-hydrogen) atoms. The van der Waals surface area contributed by atoms with Crippen molar-refractivity contribution in [1.29, 1.82) is 0 Å². The molecule has 2 nitrogen and oxygen atoms in total. The van der Waals surface area contributed by atoms with E-state index in [1.807, 2.05) is 0 Å². The Morgan fingerprint density at radius 3 is 1.24 bits per heavy atom. The molecule has 0 atom stereocenters. The highest BCUT2D eigenvalue weighted by atomic mass is 79.9. The average molecular weight is 700 g/mol. The highest BCUT2D eigenvalue weighted by Crippen LogP contribution is 2.44. The Bertz CT molecular complexity index is 2610. The number of fused-ring (bicyclic) bond motifs is 10. The number of halogens is 1. The number of benzene rings is 7. The van der Waals surface area contributed by atoms with Crippen molar-refractivity contribution >= 4 is 81.1 Å². The van der Waals surface area contributed by atoms with E-state index < -0.39 is 0 Å². The second-order valence-corrected chi connectivity index (χ2v) is 16.4. The van der Waals surface area contributed by atoms with Gasteiger partial charge in [0.2, 0.25) is 0 Å². The SMILES string of the molecule is CC(C)(C)c1ccc2c(c1)c1c3ccccc3ccc1n2-c1cccc(-n2c3ccc(C(C)(C)C)cc3c3c4ccccc4ccc32)c1Br. The van der Waals surface area contributed by atoms with Crippen LogP contribution < -0.4 is 0 Å². The van der Waals surface area contributed by atoms with Gasteiger partial charge in [-0.2, -0.15) is 0 Å². The van der Waals surface area contributed by atoms with Crippen LogP contribution in [-0.2, 0) is 10.8 Å². The van der Waals surface area contributed by atoms with E-state index in [-0.39, 0.29) is 10.8 Å². The number of aromatic nitrogens is 2. The Morgan fingerprint density at radius 2 is 0.816 bits per heavy atom. The average Bonchev–Trinajstić information content (AvgIpc) is 3.60. The quantitative estimate of drug-likeness (QED) is 0.170. The van der Waals surface area contributed by atoms with Gasteiger partial charge in [0, 0.05) is 21.5 Å². The molecule has 2 heterocycles. The lowest BCUT2D eigenvalue weighted by Gasteiger charge is -2.20. The smallest absolute Gasteiger partial charge is 0.0656 e. The minimum Gasteiger partial charge on any atom is -0.308 e. The number of hydrogen-bond acceptors (Lipinski definition) is 0. The van der Waals surface area contributed by atoms with E-state index in [1.165, 1.54) is 76.3 Å². The van der Waals surface area contributed by atoms with Crippen LogP contribution in [0.15, 0.2) is 132 Å². The topological polar surface area (TPSA) is 9.86 Å². The molecule has 9 rings (SSSR count). The zero-order valence-electron chi connectivity index (χ0n) is 28.9. The van der Waals surface area contributed by atoms with Crippen molar-refractivity contribution in [3.63, 3.8) is 0 Å². The van der Waals surface area contributed by atoms with Gasteiger partial charge < -0.3 is 9.13 Å². The molecule has 0 saturated carbocycles. The van der Waals surface area contributed by atoms with Crippen molar-refractivity contribution in [2.45, 2.75) is 52.4 Å². The maximum absolute atomic E-state index is 4.22. The lowest BCUT2D eigenvalue weighted by molar-refractivity contribution is 0.591. The van der Waals surface area contributed by atoms with Gasteiger partial charge in [-0.25, -0.2) is 0 Å². The largest absolute Gasteiger partial charge is 0.308 e. The van der Waals surface area contributed by atoms with Gasteiger partial charge in [0.15, 0.2) is 0 Å². The van der Waals surface area contributed by atoms with Crippen molar-refractivity contribution in [2.75, 3.05) is 0 Å². The zero-order chi connectivity index (χ0) is 33.8. The van der Waals surface area contributed by atoms with E-state index in [4.69, 9.17) is 0 Å². The van der Waals surface area contributed by atoms with Crippen molar-refractivity contribution < 1.29 is 0 Å². The molecule has 0 aliphatic rings. The molecule has 0 radical (unpaired) electrons. The second-order valence-electron chi connectivity index (χ2n) is 15.6. The highest BCUT2D eigenvalue weighted by Gasteiger charge is 2.24. The van der Waals surface area contributed by atoms with Crippen molar-refractivity contribution in [3.05, 3.63) is 143 Å². The summed E-state index contributed by atoms with van der Waals surface area (Å²) in [4.78, 5) is 0. The Kier molecular flexibility index (Phi) is 6.52. The van der Waals surface area contributed by atoms with E-state index in [0.29, 0.717) is 0 Å². The molecule has 0 aliphatic carbocycles. The summed E-state index contributed by atoms with van der Waals surface area (Å²) >= 11 is 4.22. The Morgan fingerprint density at radius 1 is 0.408 bits per heavy atom. The maximum Gasteiger partial charge on any atom is 0.0656 e. The third kappa shape index (κ3) is 4.52. The summed E-state index contributed by atoms with van der Waals surface area (Å²) in [5, 5.41) is 10.3. The molecule has 7 aromatic carbocycles. The number of hydrogen-bond donors (Lipinski definition) is 0. The summed E-state index contributed by atoms with van der Waals surface area (Å²) in [5.74, 6) is 0. The first-order valence-corrected chi connectivity index (χ1v) is 18.0. The van der Waals surface area contributed by atoms with Gasteiger partial charge in [-0.05, 0) is 108 Å². The summed E-state index contributed by atoms with van der Waals surface area (Å²) in [6, 6.07) is 47.5. The third-order valence-electron chi connectivity index (χ3n) is 10.5. The molecular weight excluding hydrogens is 660 g/mol. The van der Waals surface area contributed by atoms with Gasteiger partial charge in [-0.15, -0.1) is 0 Å². The molecule has 240 valence electrons. The van der Waals surface area contributed by atoms with E-state index in [0.717, 1.165) is 15.8 Å². The van der Waals surface area contributed by atoms with Crippen LogP contribution in [0.25, 0.3) is 76.5 Å². The van der Waals surface area contributed by atoms with Gasteiger partial charge in [-0.3, -0.25) is 0 Å². The van der Waals surface area contributed by atoms with E-state index >= 15 is 0 Å². The summed E-state index contributed by atoms with van der Waals surface area (Å²) in [7, 11) is 0. The van der Waals surface area contributed by atoms with Crippen molar-refractivity contribution in [2.24, 2.45) is 0 Å². The molecular formula is C46H39BrN2. The second kappa shape index (κ2) is 10.6. The summed E-state index contributed by atoms with van der Waals surface area (Å²) in [5.41, 5.74) is 9.85. The lowest BCUT2D eigenvalue weighted by atomic mass is 9.86. The van der Waals surface area contributed by atoms with E-state index in [1.54, 1.807) is 0 Å². The van der Waals surface area contributed by atoms with E-state index in [9.17, 15) is 0 Å². The number of nitrogens with zero attached hydrogens (tertiary/aromatic N) is 2. The lowest BCUT2D eigenvalue weighted by Crippen LogP contribution is -2.10. The molecule has 0 unspecified atom stereocenters. The predicted octanol–water partition coefficient (Wildman–Crippen LogP) is 13.5. The van der Waals surface area contributed by atoms with Crippen LogP contribution in [-0.4, -0.2) is 9.13 Å². The highest BCUT2D eigenvalue weighted by molar-refractivity contribution is 9.10. The molecule has 9 aromatic rings. The molecule has 0 bridgehead atoms. The Hall–Kier alpha value is -4.86. The van der Waals surface area contributed by atoms with Crippen LogP contribution in [0, 0.1) is 0 Å². The van der Waals surface area contributed by atoms with Crippen LogP contribution in [0.3, 0.4) is 0 Å². The van der Waals surface area contributed by atoms with Crippen molar-refractivity contribution in [3.8, 4) is 11.4 Å². The molecule has 0 aliphatic heterocycles. The van der Waals surface area contributed by atoms with Gasteiger partial charge in [0.25, 0.3) is 0 Å². The first-order chi connectivity index (χ1) is 23.5. The van der Waals surface area contributed by atoms with Crippen LogP contribution in [0.5, 0.6) is 0 Å².